The van der Waals surface area contributed by atoms with Crippen molar-refractivity contribution in [1.29, 1.82) is 5.41 Å². The summed E-state index contributed by atoms with van der Waals surface area (Å²) in [4.78, 5) is 11.1. The van der Waals surface area contributed by atoms with Gasteiger partial charge in [-0.05, 0) is 18.6 Å². The molecule has 0 aromatic heterocycles. The van der Waals surface area contributed by atoms with Crippen LogP contribution in [0.3, 0.4) is 0 Å². The zero-order valence-corrected chi connectivity index (χ0v) is 11.5. The number of rotatable bonds is 7. The minimum Gasteiger partial charge on any atom is -0.481 e. The van der Waals surface area contributed by atoms with Crippen LogP contribution in [0.25, 0.3) is 0 Å². The van der Waals surface area contributed by atoms with Crippen LogP contribution in [0.15, 0.2) is 35.2 Å². The first-order valence-corrected chi connectivity index (χ1v) is 7.61. The van der Waals surface area contributed by atoms with Crippen LogP contribution in [-0.4, -0.2) is 31.0 Å². The predicted molar refractivity (Wildman–Crippen MR) is 72.3 cm³/mol. The lowest BCUT2D eigenvalue weighted by atomic mass is 9.99. The molecule has 104 valence electrons. The summed E-state index contributed by atoms with van der Waals surface area (Å²) in [5.74, 6) is -2.21. The van der Waals surface area contributed by atoms with Gasteiger partial charge in [0.2, 0.25) is 0 Å². The maximum atomic E-state index is 12.0. The van der Waals surface area contributed by atoms with Gasteiger partial charge in [-0.1, -0.05) is 25.1 Å². The molecule has 0 bridgehead atoms. The molecular weight excluding hydrogens is 266 g/mol. The lowest BCUT2D eigenvalue weighted by molar-refractivity contribution is -0.139. The van der Waals surface area contributed by atoms with Gasteiger partial charge in [0.15, 0.2) is 9.84 Å². The Morgan fingerprint density at radius 1 is 1.32 bits per heavy atom. The van der Waals surface area contributed by atoms with Gasteiger partial charge < -0.3 is 10.5 Å². The minimum absolute atomic E-state index is 0.0468. The lowest BCUT2D eigenvalue weighted by Crippen LogP contribution is -2.24. The highest BCUT2D eigenvalue weighted by Crippen LogP contribution is 2.14. The summed E-state index contributed by atoms with van der Waals surface area (Å²) in [7, 11) is -3.46. The molecule has 0 saturated carbocycles. The van der Waals surface area contributed by atoms with Crippen LogP contribution in [0, 0.1) is 11.3 Å². The van der Waals surface area contributed by atoms with Crippen LogP contribution in [0.4, 0.5) is 0 Å². The fourth-order valence-electron chi connectivity index (χ4n) is 1.73. The van der Waals surface area contributed by atoms with Gasteiger partial charge in [0, 0.05) is 12.1 Å². The third-order valence-corrected chi connectivity index (χ3v) is 4.60. The summed E-state index contributed by atoms with van der Waals surface area (Å²) in [6.45, 7) is 1.67. The van der Waals surface area contributed by atoms with Crippen LogP contribution in [0.5, 0.6) is 0 Å². The van der Waals surface area contributed by atoms with Crippen LogP contribution < -0.4 is 0 Å². The third kappa shape index (κ3) is 4.17. The number of carboxylic acids is 1. The van der Waals surface area contributed by atoms with Crippen molar-refractivity contribution in [2.45, 2.75) is 24.7 Å². The van der Waals surface area contributed by atoms with Crippen molar-refractivity contribution in [2.75, 3.05) is 5.75 Å². The standard InChI is InChI=1S/C13H17NO4S/c1-2-11(13(15)16)12(14)8-9-19(17,18)10-6-4-3-5-7-10/h3-7,11,14H,2,8-9H2,1H3,(H,15,16)/t11-/m0/s1. The summed E-state index contributed by atoms with van der Waals surface area (Å²) in [5, 5.41) is 16.6. The molecule has 1 atom stereocenters. The largest absolute Gasteiger partial charge is 0.481 e. The van der Waals surface area contributed by atoms with Crippen molar-refractivity contribution < 1.29 is 18.3 Å². The van der Waals surface area contributed by atoms with Gasteiger partial charge in [-0.2, -0.15) is 0 Å². The highest BCUT2D eigenvalue weighted by molar-refractivity contribution is 7.91. The number of carbonyl (C=O) groups is 1. The molecule has 2 N–H and O–H groups in total. The van der Waals surface area contributed by atoms with Gasteiger partial charge in [-0.3, -0.25) is 4.79 Å². The van der Waals surface area contributed by atoms with E-state index in [0.717, 1.165) is 0 Å². The Kier molecular flexibility index (Phi) is 5.23. The Balaban J connectivity index is 2.72. The average molecular weight is 283 g/mol. The molecule has 0 saturated heterocycles. The Morgan fingerprint density at radius 2 is 1.89 bits per heavy atom. The Labute approximate surface area is 112 Å². The topological polar surface area (TPSA) is 95.3 Å². The van der Waals surface area contributed by atoms with Crippen molar-refractivity contribution >= 4 is 21.5 Å². The zero-order chi connectivity index (χ0) is 14.5. The van der Waals surface area contributed by atoms with Gasteiger partial charge in [0.1, 0.15) is 0 Å². The molecule has 5 nitrogen and oxygen atoms in total. The SMILES string of the molecule is CC[C@@H](C(=N)CCS(=O)(=O)c1ccccc1)C(=O)O. The summed E-state index contributed by atoms with van der Waals surface area (Å²) >= 11 is 0. The summed E-state index contributed by atoms with van der Waals surface area (Å²) < 4.78 is 23.9. The number of aliphatic carboxylic acids is 1. The van der Waals surface area contributed by atoms with Crippen molar-refractivity contribution in [1.82, 2.24) is 0 Å². The maximum Gasteiger partial charge on any atom is 0.312 e. The molecule has 19 heavy (non-hydrogen) atoms. The van der Waals surface area contributed by atoms with E-state index in [-0.39, 0.29) is 22.8 Å². The number of hydrogen-bond donors (Lipinski definition) is 2. The molecule has 0 spiro atoms. The molecule has 0 radical (unpaired) electrons. The molecule has 1 rings (SSSR count). The molecular formula is C13H17NO4S. The van der Waals surface area contributed by atoms with E-state index in [9.17, 15) is 13.2 Å². The van der Waals surface area contributed by atoms with E-state index in [0.29, 0.717) is 6.42 Å². The highest BCUT2D eigenvalue weighted by Gasteiger charge is 2.23. The van der Waals surface area contributed by atoms with Crippen LogP contribution in [0.1, 0.15) is 19.8 Å². The fourth-order valence-corrected chi connectivity index (χ4v) is 3.03. The Morgan fingerprint density at radius 3 is 2.37 bits per heavy atom. The summed E-state index contributed by atoms with van der Waals surface area (Å²) in [6.07, 6.45) is 0.238. The molecule has 0 heterocycles. The van der Waals surface area contributed by atoms with Crippen molar-refractivity contribution in [3.8, 4) is 0 Å². The first kappa shape index (κ1) is 15.4. The van der Waals surface area contributed by atoms with Gasteiger partial charge in [0.25, 0.3) is 0 Å². The third-order valence-electron chi connectivity index (χ3n) is 2.87. The molecule has 6 heteroatoms. The highest BCUT2D eigenvalue weighted by atomic mass is 32.2. The summed E-state index contributed by atoms with van der Waals surface area (Å²) in [5.41, 5.74) is -0.0468. The Bertz CT molecular complexity index is 551. The number of sulfone groups is 1. The van der Waals surface area contributed by atoms with E-state index in [1.807, 2.05) is 0 Å². The van der Waals surface area contributed by atoms with E-state index >= 15 is 0 Å². The predicted octanol–water partition coefficient (Wildman–Crippen LogP) is 1.98. The number of benzene rings is 1. The van der Waals surface area contributed by atoms with Gasteiger partial charge in [-0.25, -0.2) is 8.42 Å². The smallest absolute Gasteiger partial charge is 0.312 e. The molecule has 0 fully saturated rings. The first-order chi connectivity index (χ1) is 8.88. The van der Waals surface area contributed by atoms with Crippen molar-refractivity contribution in [3.63, 3.8) is 0 Å². The fraction of sp³-hybridized carbons (Fsp3) is 0.385. The van der Waals surface area contributed by atoms with Gasteiger partial charge >= 0.3 is 5.97 Å². The van der Waals surface area contributed by atoms with E-state index in [1.54, 1.807) is 25.1 Å². The molecule has 1 aromatic rings. The molecule has 1 aromatic carbocycles. The maximum absolute atomic E-state index is 12.0. The van der Waals surface area contributed by atoms with Crippen LogP contribution >= 0.6 is 0 Å². The number of hydrogen-bond acceptors (Lipinski definition) is 4. The molecule has 0 amide bonds. The second-order valence-electron chi connectivity index (χ2n) is 4.21. The second-order valence-corrected chi connectivity index (χ2v) is 6.32. The molecule has 0 unspecified atom stereocenters. The zero-order valence-electron chi connectivity index (χ0n) is 10.7. The second kappa shape index (κ2) is 6.47. The quantitative estimate of drug-likeness (QED) is 0.748. The van der Waals surface area contributed by atoms with E-state index in [4.69, 9.17) is 10.5 Å². The summed E-state index contributed by atoms with van der Waals surface area (Å²) in [6, 6.07) is 7.97. The van der Waals surface area contributed by atoms with Crippen molar-refractivity contribution in [3.05, 3.63) is 30.3 Å². The molecule has 0 aliphatic rings. The normalized spacial score (nSPS) is 12.9. The van der Waals surface area contributed by atoms with Crippen molar-refractivity contribution in [2.24, 2.45) is 5.92 Å². The monoisotopic (exact) mass is 283 g/mol. The van der Waals surface area contributed by atoms with Crippen LogP contribution in [-0.2, 0) is 14.6 Å². The van der Waals surface area contributed by atoms with E-state index < -0.39 is 21.7 Å². The number of nitrogens with one attached hydrogen (secondary N) is 1. The minimum atomic E-state index is -3.46. The van der Waals surface area contributed by atoms with Gasteiger partial charge in [0.05, 0.1) is 16.6 Å². The number of carboxylic acid groups (broad SMARTS) is 1. The lowest BCUT2D eigenvalue weighted by Gasteiger charge is -2.11. The molecule has 0 aliphatic heterocycles. The first-order valence-electron chi connectivity index (χ1n) is 5.96. The Hall–Kier alpha value is -1.69. The average Bonchev–Trinajstić information content (AvgIpc) is 2.38. The van der Waals surface area contributed by atoms with Crippen LogP contribution in [0.2, 0.25) is 0 Å². The molecule has 0 aliphatic carbocycles. The van der Waals surface area contributed by atoms with Gasteiger partial charge in [-0.15, -0.1) is 0 Å². The van der Waals surface area contributed by atoms with E-state index in [2.05, 4.69) is 0 Å². The van der Waals surface area contributed by atoms with E-state index in [1.165, 1.54) is 12.1 Å².